The molecule has 0 atom stereocenters. The van der Waals surface area contributed by atoms with E-state index in [0.29, 0.717) is 48.5 Å². The Morgan fingerprint density at radius 1 is 1.16 bits per heavy atom. The second kappa shape index (κ2) is 7.25. The maximum atomic E-state index is 12.8. The number of hydrogen-bond donors (Lipinski definition) is 0. The van der Waals surface area contributed by atoms with Crippen LogP contribution >= 0.6 is 23.2 Å². The zero-order valence-electron chi connectivity index (χ0n) is 14.1. The lowest BCUT2D eigenvalue weighted by Crippen LogP contribution is -2.48. The van der Waals surface area contributed by atoms with E-state index in [4.69, 9.17) is 23.2 Å². The van der Waals surface area contributed by atoms with Gasteiger partial charge >= 0.3 is 0 Å². The fourth-order valence-corrected chi connectivity index (χ4v) is 4.97. The molecule has 6 nitrogen and oxygen atoms in total. The number of hydrogen-bond acceptors (Lipinski definition) is 4. The highest BCUT2D eigenvalue weighted by atomic mass is 35.5. The highest BCUT2D eigenvalue weighted by molar-refractivity contribution is 7.89. The van der Waals surface area contributed by atoms with Crippen LogP contribution in [0.3, 0.4) is 0 Å². The number of benzene rings is 1. The van der Waals surface area contributed by atoms with Crippen LogP contribution < -0.4 is 0 Å². The molecule has 0 spiro atoms. The molecule has 1 saturated heterocycles. The Morgan fingerprint density at radius 2 is 1.84 bits per heavy atom. The molecule has 0 amide bonds. The van der Waals surface area contributed by atoms with Crippen molar-refractivity contribution in [1.29, 1.82) is 0 Å². The van der Waals surface area contributed by atoms with Crippen LogP contribution in [0.15, 0.2) is 29.3 Å². The van der Waals surface area contributed by atoms with Crippen molar-refractivity contribution < 1.29 is 8.42 Å². The van der Waals surface area contributed by atoms with Crippen molar-refractivity contribution in [2.75, 3.05) is 26.2 Å². The van der Waals surface area contributed by atoms with E-state index in [1.54, 1.807) is 24.7 Å². The van der Waals surface area contributed by atoms with Crippen molar-refractivity contribution in [2.24, 2.45) is 7.05 Å². The third-order valence-corrected chi connectivity index (χ3v) is 7.14. The number of sulfonamides is 1. The Bertz CT molecular complexity index is 874. The summed E-state index contributed by atoms with van der Waals surface area (Å²) in [4.78, 5) is 2.47. The Kier molecular flexibility index (Phi) is 5.41. The lowest BCUT2D eigenvalue weighted by Gasteiger charge is -2.34. The number of aryl methyl sites for hydroxylation is 1. The third-order valence-electron chi connectivity index (χ3n) is 4.55. The summed E-state index contributed by atoms with van der Waals surface area (Å²) in [7, 11) is -1.76. The van der Waals surface area contributed by atoms with E-state index in [2.05, 4.69) is 10.00 Å². The summed E-state index contributed by atoms with van der Waals surface area (Å²) in [5, 5.41) is 5.28. The van der Waals surface area contributed by atoms with Crippen molar-refractivity contribution >= 4 is 33.2 Å². The van der Waals surface area contributed by atoms with Crippen molar-refractivity contribution in [2.45, 2.75) is 18.4 Å². The molecule has 1 fully saturated rings. The summed E-state index contributed by atoms with van der Waals surface area (Å²) < 4.78 is 28.7. The molecule has 3 rings (SSSR count). The first kappa shape index (κ1) is 18.7. The molecule has 136 valence electrons. The Labute approximate surface area is 158 Å². The summed E-state index contributed by atoms with van der Waals surface area (Å²) in [5.41, 5.74) is 1.64. The van der Waals surface area contributed by atoms with E-state index in [9.17, 15) is 8.42 Å². The first-order valence-corrected chi connectivity index (χ1v) is 10.1. The maximum Gasteiger partial charge on any atom is 0.246 e. The number of aromatic nitrogens is 2. The SMILES string of the molecule is Cc1c(S(=O)(=O)N2CCN(Cc3ccc(Cl)cc3Cl)CC2)cnn1C. The average Bonchev–Trinajstić information content (AvgIpc) is 2.91. The lowest BCUT2D eigenvalue weighted by molar-refractivity contribution is 0.181. The molecule has 25 heavy (non-hydrogen) atoms. The largest absolute Gasteiger partial charge is 0.296 e. The van der Waals surface area contributed by atoms with Gasteiger partial charge in [0, 0.05) is 49.8 Å². The van der Waals surface area contributed by atoms with E-state index in [0.717, 1.165) is 5.56 Å². The molecule has 0 radical (unpaired) electrons. The molecular formula is C16H20Cl2N4O2S. The van der Waals surface area contributed by atoms with Crippen LogP contribution in [0.2, 0.25) is 10.0 Å². The van der Waals surface area contributed by atoms with E-state index in [1.165, 1.54) is 10.5 Å². The van der Waals surface area contributed by atoms with Gasteiger partial charge in [-0.2, -0.15) is 9.40 Å². The van der Waals surface area contributed by atoms with E-state index < -0.39 is 10.0 Å². The Hall–Kier alpha value is -1.12. The van der Waals surface area contributed by atoms with Gasteiger partial charge in [-0.3, -0.25) is 9.58 Å². The van der Waals surface area contributed by atoms with Crippen molar-refractivity contribution in [3.8, 4) is 0 Å². The molecule has 0 saturated carbocycles. The van der Waals surface area contributed by atoms with E-state index >= 15 is 0 Å². The number of piperazine rings is 1. The monoisotopic (exact) mass is 402 g/mol. The quantitative estimate of drug-likeness (QED) is 0.788. The highest BCUT2D eigenvalue weighted by Crippen LogP contribution is 2.24. The van der Waals surface area contributed by atoms with Crippen LogP contribution in [0.5, 0.6) is 0 Å². The van der Waals surface area contributed by atoms with Gasteiger partial charge < -0.3 is 0 Å². The van der Waals surface area contributed by atoms with Crippen molar-refractivity contribution in [3.05, 3.63) is 45.7 Å². The number of rotatable bonds is 4. The lowest BCUT2D eigenvalue weighted by atomic mass is 10.2. The van der Waals surface area contributed by atoms with E-state index in [1.807, 2.05) is 12.1 Å². The molecule has 9 heteroatoms. The van der Waals surface area contributed by atoms with Crippen LogP contribution in [0.4, 0.5) is 0 Å². The molecule has 0 unspecified atom stereocenters. The molecule has 1 aliphatic heterocycles. The van der Waals surface area contributed by atoms with Gasteiger partial charge in [0.2, 0.25) is 10.0 Å². The molecule has 0 N–H and O–H groups in total. The molecule has 2 aromatic rings. The molecule has 0 bridgehead atoms. The smallest absolute Gasteiger partial charge is 0.246 e. The predicted octanol–water partition coefficient (Wildman–Crippen LogP) is 2.54. The van der Waals surface area contributed by atoms with Gasteiger partial charge in [-0.25, -0.2) is 8.42 Å². The minimum absolute atomic E-state index is 0.282. The average molecular weight is 403 g/mol. The van der Waals surface area contributed by atoms with Gasteiger partial charge in [-0.05, 0) is 24.6 Å². The van der Waals surface area contributed by atoms with Crippen LogP contribution in [-0.2, 0) is 23.6 Å². The van der Waals surface area contributed by atoms with E-state index in [-0.39, 0.29) is 4.90 Å². The summed E-state index contributed by atoms with van der Waals surface area (Å²) in [6, 6.07) is 5.45. The second-order valence-corrected chi connectivity index (χ2v) is 8.88. The first-order valence-electron chi connectivity index (χ1n) is 7.94. The third kappa shape index (κ3) is 3.85. The van der Waals surface area contributed by atoms with Gasteiger partial charge in [0.05, 0.1) is 11.9 Å². The number of nitrogens with zero attached hydrogens (tertiary/aromatic N) is 4. The zero-order valence-corrected chi connectivity index (χ0v) is 16.4. The van der Waals surface area contributed by atoms with Crippen molar-refractivity contribution in [1.82, 2.24) is 19.0 Å². The molecule has 2 heterocycles. The fourth-order valence-electron chi connectivity index (χ4n) is 2.89. The summed E-state index contributed by atoms with van der Waals surface area (Å²) in [5.74, 6) is 0. The second-order valence-electron chi connectivity index (χ2n) is 6.13. The van der Waals surface area contributed by atoms with Gasteiger partial charge in [-0.1, -0.05) is 29.3 Å². The predicted molar refractivity (Wildman–Crippen MR) is 98.4 cm³/mol. The molecular weight excluding hydrogens is 383 g/mol. The normalized spacial score (nSPS) is 17.1. The minimum atomic E-state index is -3.50. The topological polar surface area (TPSA) is 58.4 Å². The van der Waals surface area contributed by atoms with Gasteiger partial charge in [0.1, 0.15) is 4.90 Å². The zero-order chi connectivity index (χ0) is 18.2. The first-order chi connectivity index (χ1) is 11.8. The molecule has 0 aliphatic carbocycles. The highest BCUT2D eigenvalue weighted by Gasteiger charge is 2.31. The molecule has 1 aromatic carbocycles. The van der Waals surface area contributed by atoms with Crippen LogP contribution in [0.1, 0.15) is 11.3 Å². The maximum absolute atomic E-state index is 12.8. The van der Waals surface area contributed by atoms with Gasteiger partial charge in [0.25, 0.3) is 0 Å². The van der Waals surface area contributed by atoms with Gasteiger partial charge in [0.15, 0.2) is 0 Å². The van der Waals surface area contributed by atoms with Crippen molar-refractivity contribution in [3.63, 3.8) is 0 Å². The summed E-state index contributed by atoms with van der Waals surface area (Å²) in [6.45, 7) is 4.63. The van der Waals surface area contributed by atoms with Crippen LogP contribution in [0, 0.1) is 6.92 Å². The Balaban J connectivity index is 1.66. The van der Waals surface area contributed by atoms with Crippen LogP contribution in [-0.4, -0.2) is 53.6 Å². The van der Waals surface area contributed by atoms with Gasteiger partial charge in [-0.15, -0.1) is 0 Å². The summed E-state index contributed by atoms with van der Waals surface area (Å²) >= 11 is 12.1. The Morgan fingerprint density at radius 3 is 2.40 bits per heavy atom. The standard InChI is InChI=1S/C16H20Cl2N4O2S/c1-12-16(10-19-20(12)2)25(23,24)22-7-5-21(6-8-22)11-13-3-4-14(17)9-15(13)18/h3-4,9-10H,5-8,11H2,1-2H3. The summed E-state index contributed by atoms with van der Waals surface area (Å²) in [6.07, 6.45) is 1.42. The molecule has 1 aromatic heterocycles. The fraction of sp³-hybridized carbons (Fsp3) is 0.438. The number of halogens is 2. The minimum Gasteiger partial charge on any atom is -0.296 e. The molecule has 1 aliphatic rings. The van der Waals surface area contributed by atoms with Crippen LogP contribution in [0.25, 0.3) is 0 Å².